The van der Waals surface area contributed by atoms with E-state index in [0.717, 1.165) is 44.5 Å². The van der Waals surface area contributed by atoms with Gasteiger partial charge in [-0.05, 0) is 62.1 Å². The topological polar surface area (TPSA) is 183 Å². The molecule has 11 nitrogen and oxygen atoms in total. The summed E-state index contributed by atoms with van der Waals surface area (Å²) in [7, 11) is 0. The second-order valence-corrected chi connectivity index (χ2v) is 12.4. The minimum atomic E-state index is -2.64. The average Bonchev–Trinajstić information content (AvgIpc) is 3.38. The molecule has 212 valence electrons. The molecule has 6 aliphatic rings. The number of aliphatic hydroxyl groups is 3. The van der Waals surface area contributed by atoms with Gasteiger partial charge in [0.25, 0.3) is 5.91 Å². The average molecular weight is 552 g/mol. The minimum absolute atomic E-state index is 0.0707. The van der Waals surface area contributed by atoms with Crippen molar-refractivity contribution in [3.8, 4) is 5.75 Å². The van der Waals surface area contributed by atoms with Crippen LogP contribution in [0.2, 0.25) is 0 Å². The van der Waals surface area contributed by atoms with Gasteiger partial charge in [0.2, 0.25) is 5.78 Å². The molecule has 0 bridgehead atoms. The number of rotatable bonds is 4. The van der Waals surface area contributed by atoms with Crippen molar-refractivity contribution in [1.82, 2.24) is 5.32 Å². The van der Waals surface area contributed by atoms with Gasteiger partial charge in [-0.25, -0.2) is 0 Å². The van der Waals surface area contributed by atoms with E-state index in [1.165, 1.54) is 6.07 Å². The third-order valence-electron chi connectivity index (χ3n) is 10.1. The Hall–Kier alpha value is -3.41. The number of amides is 1. The van der Waals surface area contributed by atoms with Crippen LogP contribution in [0.5, 0.6) is 5.75 Å². The highest BCUT2D eigenvalue weighted by Gasteiger charge is 2.64. The van der Waals surface area contributed by atoms with Crippen LogP contribution in [-0.4, -0.2) is 81.9 Å². The summed E-state index contributed by atoms with van der Waals surface area (Å²) in [5, 5.41) is 48.4. The number of phenolic OH excluding ortho intramolecular Hbond substituents is 1. The number of fused-ring (bicyclic) bond motifs is 3. The van der Waals surface area contributed by atoms with Gasteiger partial charge in [0.15, 0.2) is 11.4 Å². The number of nitrogens with zero attached hydrogens (tertiary/aromatic N) is 1. The second kappa shape index (κ2) is 8.55. The van der Waals surface area contributed by atoms with E-state index in [1.54, 1.807) is 0 Å². The van der Waals surface area contributed by atoms with Crippen molar-refractivity contribution in [2.24, 2.45) is 23.0 Å². The first-order valence-electron chi connectivity index (χ1n) is 14.0. The van der Waals surface area contributed by atoms with E-state index in [1.807, 2.05) is 6.07 Å². The van der Waals surface area contributed by atoms with Crippen LogP contribution in [0.15, 0.2) is 29.0 Å². The second-order valence-electron chi connectivity index (χ2n) is 12.4. The largest absolute Gasteiger partial charge is 0.508 e. The molecule has 4 aliphatic carbocycles. The number of phenols is 1. The SMILES string of the molecule is NC(=O)C1=C(O)C2(O)C(=O)C3=C(O)c4c(O)ccc(N5CCCC5)c4CC3CC2C(NC2CC3(COC3)C2)C1=O. The maximum atomic E-state index is 14.1. The fourth-order valence-corrected chi connectivity index (χ4v) is 8.09. The number of hydrogen-bond acceptors (Lipinski definition) is 10. The summed E-state index contributed by atoms with van der Waals surface area (Å²) in [6.45, 7) is 2.96. The number of hydrogen-bond donors (Lipinski definition) is 6. The van der Waals surface area contributed by atoms with Gasteiger partial charge >= 0.3 is 0 Å². The molecule has 4 fully saturated rings. The summed E-state index contributed by atoms with van der Waals surface area (Å²) < 4.78 is 5.34. The van der Waals surface area contributed by atoms with Crippen LogP contribution < -0.4 is 16.0 Å². The summed E-state index contributed by atoms with van der Waals surface area (Å²) in [4.78, 5) is 42.2. The number of nitrogens with two attached hydrogens (primary N) is 1. The fraction of sp³-hybridized carbons (Fsp3) is 0.552. The quantitative estimate of drug-likeness (QED) is 0.292. The number of anilines is 1. The molecule has 4 atom stereocenters. The van der Waals surface area contributed by atoms with E-state index in [2.05, 4.69) is 10.2 Å². The summed E-state index contributed by atoms with van der Waals surface area (Å²) in [6, 6.07) is 2.07. The van der Waals surface area contributed by atoms with Crippen molar-refractivity contribution in [2.75, 3.05) is 31.2 Å². The van der Waals surface area contributed by atoms with Gasteiger partial charge in [-0.1, -0.05) is 0 Å². The molecule has 4 unspecified atom stereocenters. The zero-order valence-electron chi connectivity index (χ0n) is 22.0. The number of aromatic hydroxyl groups is 1. The number of aliphatic hydroxyl groups excluding tert-OH is 2. The van der Waals surface area contributed by atoms with Crippen molar-refractivity contribution in [3.63, 3.8) is 0 Å². The predicted molar refractivity (Wildman–Crippen MR) is 141 cm³/mol. The Kier molecular flexibility index (Phi) is 5.46. The smallest absolute Gasteiger partial charge is 0.255 e. The number of carbonyl (C=O) groups is 3. The molecule has 7 rings (SSSR count). The molecule has 11 heteroatoms. The van der Waals surface area contributed by atoms with E-state index in [-0.39, 0.29) is 34.8 Å². The number of ketones is 2. The maximum Gasteiger partial charge on any atom is 0.255 e. The van der Waals surface area contributed by atoms with E-state index in [0.29, 0.717) is 25.2 Å². The molecule has 2 saturated carbocycles. The van der Waals surface area contributed by atoms with Gasteiger partial charge in [-0.2, -0.15) is 0 Å². The van der Waals surface area contributed by atoms with Crippen molar-refractivity contribution in [3.05, 3.63) is 40.2 Å². The third-order valence-corrected chi connectivity index (χ3v) is 10.1. The Bertz CT molecular complexity index is 1410. The molecule has 1 spiro atoms. The Morgan fingerprint density at radius 2 is 1.80 bits per heavy atom. The molecular weight excluding hydrogens is 518 g/mol. The summed E-state index contributed by atoms with van der Waals surface area (Å²) in [5.41, 5.74) is 3.68. The predicted octanol–water partition coefficient (Wildman–Crippen LogP) is 0.771. The number of nitrogens with one attached hydrogen (secondary N) is 1. The zero-order valence-corrected chi connectivity index (χ0v) is 22.0. The van der Waals surface area contributed by atoms with Crippen LogP contribution in [0.1, 0.15) is 43.2 Å². The van der Waals surface area contributed by atoms with Crippen LogP contribution in [0, 0.1) is 17.3 Å². The highest BCUT2D eigenvalue weighted by molar-refractivity contribution is 6.24. The number of Topliss-reactive ketones (excluding diaryl/α,β-unsaturated/α-hetero) is 2. The van der Waals surface area contributed by atoms with Gasteiger partial charge in [0.05, 0.1) is 24.8 Å². The normalized spacial score (nSPS) is 32.9. The van der Waals surface area contributed by atoms with Crippen molar-refractivity contribution >= 4 is 28.9 Å². The van der Waals surface area contributed by atoms with Crippen LogP contribution in [-0.2, 0) is 25.5 Å². The highest BCUT2D eigenvalue weighted by Crippen LogP contribution is 2.54. The molecule has 2 heterocycles. The Morgan fingerprint density at radius 3 is 2.42 bits per heavy atom. The number of carbonyl (C=O) groups excluding carboxylic acids is 3. The molecule has 2 aliphatic heterocycles. The number of benzene rings is 1. The molecule has 1 aromatic carbocycles. The van der Waals surface area contributed by atoms with Gasteiger partial charge in [0, 0.05) is 41.7 Å². The first-order chi connectivity index (χ1) is 19.1. The summed E-state index contributed by atoms with van der Waals surface area (Å²) >= 11 is 0. The molecule has 1 aromatic rings. The van der Waals surface area contributed by atoms with Crippen LogP contribution in [0.25, 0.3) is 5.76 Å². The van der Waals surface area contributed by atoms with Crippen molar-refractivity contribution in [2.45, 2.75) is 56.2 Å². The Morgan fingerprint density at radius 1 is 1.10 bits per heavy atom. The standard InChI is InChI=1S/C29H33N3O8/c30-27(38)21-24(35)22(31-14-9-28(10-14)11-40-12-28)16-8-13-7-15-17(32-5-1-2-6-32)3-4-18(33)20(15)23(34)19(13)25(36)29(16,39)26(21)37/h3-4,13-14,16,22,31,33-34,37,39H,1-2,5-12H2,(H2,30,38). The van der Waals surface area contributed by atoms with E-state index >= 15 is 0 Å². The summed E-state index contributed by atoms with van der Waals surface area (Å²) in [6.07, 6.45) is 3.93. The van der Waals surface area contributed by atoms with Crippen molar-refractivity contribution in [1.29, 1.82) is 0 Å². The summed E-state index contributed by atoms with van der Waals surface area (Å²) in [5.74, 6) is -6.39. The Balaban J connectivity index is 1.32. The lowest BCUT2D eigenvalue weighted by atomic mass is 9.57. The first kappa shape index (κ1) is 25.6. The Labute approximate surface area is 230 Å². The van der Waals surface area contributed by atoms with Crippen LogP contribution >= 0.6 is 0 Å². The molecule has 1 amide bonds. The maximum absolute atomic E-state index is 14.1. The van der Waals surface area contributed by atoms with Crippen molar-refractivity contribution < 1.29 is 39.5 Å². The monoisotopic (exact) mass is 551 g/mol. The van der Waals surface area contributed by atoms with Gasteiger partial charge in [-0.3, -0.25) is 14.4 Å². The van der Waals surface area contributed by atoms with Crippen LogP contribution in [0.4, 0.5) is 5.69 Å². The van der Waals surface area contributed by atoms with E-state index in [9.17, 15) is 34.8 Å². The zero-order chi connectivity index (χ0) is 28.1. The van der Waals surface area contributed by atoms with Gasteiger partial charge < -0.3 is 41.1 Å². The third kappa shape index (κ3) is 3.31. The van der Waals surface area contributed by atoms with Gasteiger partial charge in [0.1, 0.15) is 22.8 Å². The molecule has 0 radical (unpaired) electrons. The molecule has 7 N–H and O–H groups in total. The van der Waals surface area contributed by atoms with E-state index in [4.69, 9.17) is 10.5 Å². The number of ether oxygens (including phenoxy) is 1. The minimum Gasteiger partial charge on any atom is -0.508 e. The molecule has 2 saturated heterocycles. The lowest BCUT2D eigenvalue weighted by Gasteiger charge is -2.56. The number of primary amides is 1. The lowest BCUT2D eigenvalue weighted by molar-refractivity contribution is -0.172. The molecule has 40 heavy (non-hydrogen) atoms. The molecular formula is C29H33N3O8. The van der Waals surface area contributed by atoms with Crippen LogP contribution in [0.3, 0.4) is 0 Å². The fourth-order valence-electron chi connectivity index (χ4n) is 8.09. The van der Waals surface area contributed by atoms with E-state index < -0.39 is 58.0 Å². The lowest BCUT2D eigenvalue weighted by Crippen LogP contribution is -2.69. The first-order valence-corrected chi connectivity index (χ1v) is 14.0. The van der Waals surface area contributed by atoms with Gasteiger partial charge in [-0.15, -0.1) is 0 Å². The highest BCUT2D eigenvalue weighted by atomic mass is 16.5. The molecule has 0 aromatic heterocycles.